The van der Waals surface area contributed by atoms with Gasteiger partial charge in [-0.1, -0.05) is 12.1 Å². The fourth-order valence-electron chi connectivity index (χ4n) is 2.00. The highest BCUT2D eigenvalue weighted by atomic mass is 16.5. The highest BCUT2D eigenvalue weighted by molar-refractivity contribution is 4.72. The second-order valence-corrected chi connectivity index (χ2v) is 4.26. The Morgan fingerprint density at radius 2 is 2.47 bits per heavy atom. The van der Waals surface area contributed by atoms with E-state index in [4.69, 9.17) is 4.74 Å². The molecule has 96 valence electrons. The van der Waals surface area contributed by atoms with Crippen molar-refractivity contribution in [3.63, 3.8) is 0 Å². The Balaban J connectivity index is 1.58. The molecule has 1 unspecified atom stereocenters. The predicted molar refractivity (Wildman–Crippen MR) is 64.7 cm³/mol. The van der Waals surface area contributed by atoms with Gasteiger partial charge < -0.3 is 10.1 Å². The third-order valence-electron chi connectivity index (χ3n) is 3.03. The molecule has 0 amide bonds. The van der Waals surface area contributed by atoms with Gasteiger partial charge in [0, 0.05) is 32.4 Å². The van der Waals surface area contributed by atoms with Crippen LogP contribution in [0, 0.1) is 0 Å². The Labute approximate surface area is 102 Å². The molecule has 1 aliphatic rings. The maximum atomic E-state index is 5.71. The van der Waals surface area contributed by atoms with Crippen molar-refractivity contribution in [2.24, 2.45) is 0 Å². The number of nitrogens with zero attached hydrogens (tertiary/aromatic N) is 4. The summed E-state index contributed by atoms with van der Waals surface area (Å²) >= 11 is 0. The number of aromatic nitrogens is 3. The number of morpholine rings is 1. The number of nitrogens with one attached hydrogen (secondary N) is 1. The summed E-state index contributed by atoms with van der Waals surface area (Å²) in [4.78, 5) is 2.42. The van der Waals surface area contributed by atoms with Crippen LogP contribution in [0.1, 0.15) is 6.92 Å². The second-order valence-electron chi connectivity index (χ2n) is 4.26. The lowest BCUT2D eigenvalue weighted by Gasteiger charge is -2.32. The Hall–Kier alpha value is -0.980. The molecule has 0 saturated carbocycles. The average molecular weight is 239 g/mol. The Bertz CT molecular complexity index is 303. The Morgan fingerprint density at radius 1 is 1.53 bits per heavy atom. The fourth-order valence-corrected chi connectivity index (χ4v) is 2.00. The van der Waals surface area contributed by atoms with Crippen molar-refractivity contribution in [1.29, 1.82) is 0 Å². The quantitative estimate of drug-likeness (QED) is 0.684. The van der Waals surface area contributed by atoms with Gasteiger partial charge in [0.15, 0.2) is 0 Å². The SMILES string of the molecule is CCN1CCOC(CNCCn2ccnn2)C1. The zero-order valence-electron chi connectivity index (χ0n) is 10.4. The van der Waals surface area contributed by atoms with Crippen molar-refractivity contribution in [1.82, 2.24) is 25.2 Å². The van der Waals surface area contributed by atoms with Crippen molar-refractivity contribution < 1.29 is 4.74 Å². The topological polar surface area (TPSA) is 55.2 Å². The molecule has 6 nitrogen and oxygen atoms in total. The largest absolute Gasteiger partial charge is 0.374 e. The van der Waals surface area contributed by atoms with Crippen molar-refractivity contribution >= 4 is 0 Å². The van der Waals surface area contributed by atoms with E-state index in [-0.39, 0.29) is 0 Å². The summed E-state index contributed by atoms with van der Waals surface area (Å²) in [5.74, 6) is 0. The van der Waals surface area contributed by atoms with Gasteiger partial charge in [0.1, 0.15) is 0 Å². The van der Waals surface area contributed by atoms with E-state index in [1.165, 1.54) is 0 Å². The van der Waals surface area contributed by atoms with Gasteiger partial charge in [0.05, 0.1) is 25.5 Å². The molecule has 6 heteroatoms. The van der Waals surface area contributed by atoms with Gasteiger partial charge in [-0.05, 0) is 6.54 Å². The van der Waals surface area contributed by atoms with Crippen LogP contribution in [0.25, 0.3) is 0 Å². The molecule has 1 N–H and O–H groups in total. The fraction of sp³-hybridized carbons (Fsp3) is 0.818. The standard InChI is InChI=1S/C11H21N5O/c1-2-15-7-8-17-11(10-15)9-12-3-5-16-6-4-13-14-16/h4,6,11-12H,2-3,5,7-10H2,1H3. The Kier molecular flexibility index (Phi) is 4.90. The minimum absolute atomic E-state index is 0.319. The summed E-state index contributed by atoms with van der Waals surface area (Å²) in [7, 11) is 0. The molecule has 17 heavy (non-hydrogen) atoms. The molecule has 2 heterocycles. The maximum Gasteiger partial charge on any atom is 0.0826 e. The average Bonchev–Trinajstić information content (AvgIpc) is 2.88. The van der Waals surface area contributed by atoms with Crippen LogP contribution < -0.4 is 5.32 Å². The first-order valence-corrected chi connectivity index (χ1v) is 6.27. The summed E-state index contributed by atoms with van der Waals surface area (Å²) in [6.45, 7) is 8.91. The van der Waals surface area contributed by atoms with Crippen molar-refractivity contribution in [2.75, 3.05) is 39.3 Å². The number of rotatable bonds is 6. The van der Waals surface area contributed by atoms with Crippen LogP contribution in [-0.2, 0) is 11.3 Å². The van der Waals surface area contributed by atoms with Crippen molar-refractivity contribution in [3.05, 3.63) is 12.4 Å². The molecule has 0 radical (unpaired) electrons. The van der Waals surface area contributed by atoms with Crippen LogP contribution in [0.15, 0.2) is 12.4 Å². The molecule has 0 bridgehead atoms. The lowest BCUT2D eigenvalue weighted by Crippen LogP contribution is -2.46. The van der Waals surface area contributed by atoms with Crippen LogP contribution in [0.4, 0.5) is 0 Å². The highest BCUT2D eigenvalue weighted by Crippen LogP contribution is 2.03. The third-order valence-corrected chi connectivity index (χ3v) is 3.03. The van der Waals surface area contributed by atoms with E-state index in [1.807, 2.05) is 10.9 Å². The minimum Gasteiger partial charge on any atom is -0.374 e. The monoisotopic (exact) mass is 239 g/mol. The Morgan fingerprint density at radius 3 is 3.24 bits per heavy atom. The molecule has 2 rings (SSSR count). The summed E-state index contributed by atoms with van der Waals surface area (Å²) in [5, 5.41) is 11.1. The molecular weight excluding hydrogens is 218 g/mol. The van der Waals surface area contributed by atoms with Crippen LogP contribution in [0.5, 0.6) is 0 Å². The van der Waals surface area contributed by atoms with Crippen LogP contribution in [0.2, 0.25) is 0 Å². The van der Waals surface area contributed by atoms with E-state index in [9.17, 15) is 0 Å². The van der Waals surface area contributed by atoms with E-state index in [0.29, 0.717) is 6.10 Å². The number of hydrogen-bond donors (Lipinski definition) is 1. The van der Waals surface area contributed by atoms with Crippen LogP contribution in [0.3, 0.4) is 0 Å². The van der Waals surface area contributed by atoms with Gasteiger partial charge in [-0.15, -0.1) is 5.10 Å². The predicted octanol–water partition coefficient (Wildman–Crippen LogP) is -0.412. The first kappa shape index (κ1) is 12.5. The third kappa shape index (κ3) is 4.07. The molecule has 0 spiro atoms. The summed E-state index contributed by atoms with van der Waals surface area (Å²) in [5.41, 5.74) is 0. The molecule has 1 aromatic heterocycles. The highest BCUT2D eigenvalue weighted by Gasteiger charge is 2.18. The molecule has 1 aliphatic heterocycles. The van der Waals surface area contributed by atoms with Gasteiger partial charge >= 0.3 is 0 Å². The number of likely N-dealkylation sites (N-methyl/N-ethyl adjacent to an activating group) is 1. The second kappa shape index (κ2) is 6.68. The molecule has 1 atom stereocenters. The van der Waals surface area contributed by atoms with Crippen LogP contribution >= 0.6 is 0 Å². The zero-order valence-corrected chi connectivity index (χ0v) is 10.4. The lowest BCUT2D eigenvalue weighted by atomic mass is 10.2. The lowest BCUT2D eigenvalue weighted by molar-refractivity contribution is -0.0252. The van der Waals surface area contributed by atoms with E-state index >= 15 is 0 Å². The summed E-state index contributed by atoms with van der Waals surface area (Å²) < 4.78 is 7.53. The smallest absolute Gasteiger partial charge is 0.0826 e. The summed E-state index contributed by atoms with van der Waals surface area (Å²) in [6, 6.07) is 0. The molecule has 1 fully saturated rings. The summed E-state index contributed by atoms with van der Waals surface area (Å²) in [6.07, 6.45) is 3.89. The van der Waals surface area contributed by atoms with Gasteiger partial charge in [-0.25, -0.2) is 0 Å². The van der Waals surface area contributed by atoms with Gasteiger partial charge in [0.25, 0.3) is 0 Å². The molecule has 1 aromatic rings. The van der Waals surface area contributed by atoms with Crippen molar-refractivity contribution in [2.45, 2.75) is 19.6 Å². The molecule has 0 aromatic carbocycles. The zero-order chi connectivity index (χ0) is 11.9. The van der Waals surface area contributed by atoms with E-state index in [0.717, 1.165) is 45.9 Å². The number of hydrogen-bond acceptors (Lipinski definition) is 5. The van der Waals surface area contributed by atoms with E-state index < -0.39 is 0 Å². The minimum atomic E-state index is 0.319. The first-order chi connectivity index (χ1) is 8.38. The molecule has 0 aliphatic carbocycles. The number of ether oxygens (including phenoxy) is 1. The van der Waals surface area contributed by atoms with Gasteiger partial charge in [-0.2, -0.15) is 0 Å². The first-order valence-electron chi connectivity index (χ1n) is 6.27. The normalized spacial score (nSPS) is 21.8. The molecular formula is C11H21N5O. The van der Waals surface area contributed by atoms with Crippen molar-refractivity contribution in [3.8, 4) is 0 Å². The van der Waals surface area contributed by atoms with Gasteiger partial charge in [0.2, 0.25) is 0 Å². The van der Waals surface area contributed by atoms with Crippen LogP contribution in [-0.4, -0.2) is 65.3 Å². The van der Waals surface area contributed by atoms with E-state index in [1.54, 1.807) is 6.20 Å². The molecule has 1 saturated heterocycles. The van der Waals surface area contributed by atoms with Gasteiger partial charge in [-0.3, -0.25) is 9.58 Å². The maximum absolute atomic E-state index is 5.71. The van der Waals surface area contributed by atoms with E-state index in [2.05, 4.69) is 27.5 Å².